The van der Waals surface area contributed by atoms with Gasteiger partial charge >= 0.3 is 0 Å². The Kier molecular flexibility index (Phi) is 3.24. The molecule has 2 unspecified atom stereocenters. The molecule has 0 spiro atoms. The van der Waals surface area contributed by atoms with Gasteiger partial charge in [-0.3, -0.25) is 4.98 Å². The average molecular weight is 222 g/mol. The van der Waals surface area contributed by atoms with Crippen molar-refractivity contribution < 1.29 is 5.11 Å². The van der Waals surface area contributed by atoms with Crippen LogP contribution in [0, 0.1) is 5.92 Å². The summed E-state index contributed by atoms with van der Waals surface area (Å²) in [6.07, 6.45) is 4.08. The molecule has 88 valence electrons. The van der Waals surface area contributed by atoms with Crippen molar-refractivity contribution in [2.75, 3.05) is 30.4 Å². The summed E-state index contributed by atoms with van der Waals surface area (Å²) in [5, 5.41) is 12.6. The number of aliphatic hydroxyl groups is 1. The Labute approximate surface area is 95.5 Å². The first-order chi connectivity index (χ1) is 7.70. The van der Waals surface area contributed by atoms with Crippen molar-refractivity contribution in [3.8, 4) is 0 Å². The van der Waals surface area contributed by atoms with Crippen LogP contribution >= 0.6 is 0 Å². The lowest BCUT2D eigenvalue weighted by atomic mass is 9.97. The van der Waals surface area contributed by atoms with Gasteiger partial charge in [0.15, 0.2) is 0 Å². The lowest BCUT2D eigenvalue weighted by Gasteiger charge is -2.35. The van der Waals surface area contributed by atoms with E-state index in [1.54, 1.807) is 12.4 Å². The third kappa shape index (κ3) is 2.24. The van der Waals surface area contributed by atoms with E-state index < -0.39 is 0 Å². The normalized spacial score (nSPS) is 25.6. The molecular weight excluding hydrogens is 204 g/mol. The number of nitrogens with one attached hydrogen (secondary N) is 1. The molecule has 1 aromatic rings. The van der Waals surface area contributed by atoms with E-state index in [0.29, 0.717) is 0 Å². The molecule has 16 heavy (non-hydrogen) atoms. The molecule has 1 fully saturated rings. The van der Waals surface area contributed by atoms with Crippen molar-refractivity contribution in [1.29, 1.82) is 0 Å². The lowest BCUT2D eigenvalue weighted by molar-refractivity contribution is 0.0969. The molecule has 0 saturated carbocycles. The first-order valence-electron chi connectivity index (χ1n) is 5.63. The number of nitrogens with zero attached hydrogens (tertiary/aromatic N) is 3. The Morgan fingerprint density at radius 2 is 2.31 bits per heavy atom. The van der Waals surface area contributed by atoms with Crippen LogP contribution in [0.25, 0.3) is 0 Å². The van der Waals surface area contributed by atoms with Gasteiger partial charge in [-0.25, -0.2) is 4.98 Å². The predicted molar refractivity (Wildman–Crippen MR) is 63.6 cm³/mol. The van der Waals surface area contributed by atoms with E-state index in [4.69, 9.17) is 0 Å². The van der Waals surface area contributed by atoms with Gasteiger partial charge in [0.2, 0.25) is 0 Å². The molecule has 0 radical (unpaired) electrons. The van der Waals surface area contributed by atoms with Gasteiger partial charge in [0.05, 0.1) is 18.5 Å². The molecule has 1 saturated heterocycles. The van der Waals surface area contributed by atoms with Crippen molar-refractivity contribution in [3.05, 3.63) is 12.4 Å². The monoisotopic (exact) mass is 222 g/mol. The Hall–Kier alpha value is -1.36. The van der Waals surface area contributed by atoms with Gasteiger partial charge in [-0.1, -0.05) is 6.92 Å². The van der Waals surface area contributed by atoms with Crippen LogP contribution in [-0.2, 0) is 0 Å². The lowest BCUT2D eigenvalue weighted by Crippen LogP contribution is -2.42. The van der Waals surface area contributed by atoms with Crippen molar-refractivity contribution in [1.82, 2.24) is 9.97 Å². The molecule has 2 rings (SSSR count). The highest BCUT2D eigenvalue weighted by Gasteiger charge is 2.25. The third-order valence-electron chi connectivity index (χ3n) is 3.06. The van der Waals surface area contributed by atoms with Crippen LogP contribution < -0.4 is 10.2 Å². The number of piperidine rings is 1. The molecule has 2 heterocycles. The second-order valence-electron chi connectivity index (χ2n) is 4.29. The number of aliphatic hydroxyl groups excluding tert-OH is 1. The smallest absolute Gasteiger partial charge is 0.149 e. The minimum Gasteiger partial charge on any atom is -0.393 e. The van der Waals surface area contributed by atoms with E-state index in [1.165, 1.54) is 0 Å². The summed E-state index contributed by atoms with van der Waals surface area (Å²) in [6, 6.07) is 0. The summed E-state index contributed by atoms with van der Waals surface area (Å²) >= 11 is 0. The van der Waals surface area contributed by atoms with E-state index in [0.717, 1.165) is 31.1 Å². The maximum atomic E-state index is 9.67. The highest BCUT2D eigenvalue weighted by atomic mass is 16.3. The van der Waals surface area contributed by atoms with Crippen molar-refractivity contribution in [3.63, 3.8) is 0 Å². The van der Waals surface area contributed by atoms with Crippen LogP contribution in [0.5, 0.6) is 0 Å². The Morgan fingerprint density at radius 3 is 3.00 bits per heavy atom. The minimum atomic E-state index is -0.184. The van der Waals surface area contributed by atoms with E-state index in [9.17, 15) is 5.11 Å². The zero-order chi connectivity index (χ0) is 11.5. The molecule has 5 heteroatoms. The summed E-state index contributed by atoms with van der Waals surface area (Å²) in [5.74, 6) is 1.94. The molecule has 0 aliphatic carbocycles. The zero-order valence-corrected chi connectivity index (χ0v) is 9.72. The van der Waals surface area contributed by atoms with E-state index >= 15 is 0 Å². The number of aromatic nitrogens is 2. The Bertz CT molecular complexity index is 358. The summed E-state index contributed by atoms with van der Waals surface area (Å²) in [4.78, 5) is 10.8. The second kappa shape index (κ2) is 4.65. The molecule has 2 atom stereocenters. The summed E-state index contributed by atoms with van der Waals surface area (Å²) in [7, 11) is 1.83. The molecule has 0 amide bonds. The first kappa shape index (κ1) is 11.1. The number of hydrogen-bond acceptors (Lipinski definition) is 5. The fraction of sp³-hybridized carbons (Fsp3) is 0.636. The van der Waals surface area contributed by atoms with Crippen LogP contribution in [-0.4, -0.2) is 41.3 Å². The fourth-order valence-electron chi connectivity index (χ4n) is 1.97. The minimum absolute atomic E-state index is 0.184. The maximum absolute atomic E-state index is 9.67. The van der Waals surface area contributed by atoms with Crippen LogP contribution in [0.15, 0.2) is 12.4 Å². The Morgan fingerprint density at radius 1 is 1.50 bits per heavy atom. The standard InChI is InChI=1S/C11H18N4O/c1-8-7-15(4-3-9(8)16)11-6-13-5-10(12-2)14-11/h5-6,8-9,16H,3-4,7H2,1-2H3,(H,12,14). The van der Waals surface area contributed by atoms with E-state index in [1.807, 2.05) is 7.05 Å². The van der Waals surface area contributed by atoms with Crippen LogP contribution in [0.3, 0.4) is 0 Å². The third-order valence-corrected chi connectivity index (χ3v) is 3.06. The van der Waals surface area contributed by atoms with Gasteiger partial charge in [0, 0.05) is 20.1 Å². The Balaban J connectivity index is 2.12. The molecule has 1 aliphatic heterocycles. The zero-order valence-electron chi connectivity index (χ0n) is 9.72. The molecule has 5 nitrogen and oxygen atoms in total. The number of anilines is 2. The van der Waals surface area contributed by atoms with Crippen LogP contribution in [0.2, 0.25) is 0 Å². The molecule has 2 N–H and O–H groups in total. The quantitative estimate of drug-likeness (QED) is 0.772. The van der Waals surface area contributed by atoms with Crippen LogP contribution in [0.4, 0.5) is 11.6 Å². The highest BCUT2D eigenvalue weighted by molar-refractivity contribution is 5.43. The largest absolute Gasteiger partial charge is 0.393 e. The van der Waals surface area contributed by atoms with Gasteiger partial charge in [-0.05, 0) is 12.3 Å². The topological polar surface area (TPSA) is 61.3 Å². The van der Waals surface area contributed by atoms with Gasteiger partial charge in [0.25, 0.3) is 0 Å². The van der Waals surface area contributed by atoms with Gasteiger partial charge in [-0.15, -0.1) is 0 Å². The molecule has 1 aromatic heterocycles. The SMILES string of the molecule is CNc1cncc(N2CCC(O)C(C)C2)n1. The summed E-state index contributed by atoms with van der Waals surface area (Å²) < 4.78 is 0. The predicted octanol–water partition coefficient (Wildman–Crippen LogP) is 0.725. The summed E-state index contributed by atoms with van der Waals surface area (Å²) in [6.45, 7) is 3.74. The van der Waals surface area contributed by atoms with Crippen molar-refractivity contribution >= 4 is 11.6 Å². The fourth-order valence-corrected chi connectivity index (χ4v) is 1.97. The van der Waals surface area contributed by atoms with Gasteiger partial charge in [-0.2, -0.15) is 0 Å². The molecular formula is C11H18N4O. The number of rotatable bonds is 2. The first-order valence-corrected chi connectivity index (χ1v) is 5.63. The summed E-state index contributed by atoms with van der Waals surface area (Å²) in [5.41, 5.74) is 0. The van der Waals surface area contributed by atoms with E-state index in [-0.39, 0.29) is 12.0 Å². The van der Waals surface area contributed by atoms with E-state index in [2.05, 4.69) is 27.1 Å². The van der Waals surface area contributed by atoms with Gasteiger partial charge in [0.1, 0.15) is 11.6 Å². The molecule has 1 aliphatic rings. The average Bonchev–Trinajstić information content (AvgIpc) is 2.33. The molecule has 0 bridgehead atoms. The van der Waals surface area contributed by atoms with Gasteiger partial charge < -0.3 is 15.3 Å². The highest BCUT2D eigenvalue weighted by Crippen LogP contribution is 2.21. The van der Waals surface area contributed by atoms with Crippen molar-refractivity contribution in [2.45, 2.75) is 19.4 Å². The maximum Gasteiger partial charge on any atom is 0.149 e. The number of hydrogen-bond donors (Lipinski definition) is 2. The van der Waals surface area contributed by atoms with Crippen LogP contribution in [0.1, 0.15) is 13.3 Å². The van der Waals surface area contributed by atoms with Crippen molar-refractivity contribution in [2.24, 2.45) is 5.92 Å². The molecule has 0 aromatic carbocycles. The second-order valence-corrected chi connectivity index (χ2v) is 4.29.